The predicted molar refractivity (Wildman–Crippen MR) is 117 cm³/mol. The zero-order valence-corrected chi connectivity index (χ0v) is 18.7. The zero-order chi connectivity index (χ0) is 20.3. The maximum Gasteiger partial charge on any atom is 0.324 e. The van der Waals surface area contributed by atoms with Crippen LogP contribution >= 0.6 is 35.0 Å². The number of anilines is 1. The molecule has 2 aliphatic carbocycles. The van der Waals surface area contributed by atoms with E-state index in [1.807, 2.05) is 6.92 Å². The normalized spacial score (nSPS) is 19.7. The second-order valence-corrected chi connectivity index (χ2v) is 10.2. The number of amides is 1. The first-order valence-electron chi connectivity index (χ1n) is 10.0. The van der Waals surface area contributed by atoms with Gasteiger partial charge in [-0.1, -0.05) is 49.4 Å². The average molecular weight is 444 g/mol. The summed E-state index contributed by atoms with van der Waals surface area (Å²) in [6, 6.07) is 3.08. The minimum absolute atomic E-state index is 0.0152. The Labute approximate surface area is 181 Å². The van der Waals surface area contributed by atoms with E-state index in [0.717, 1.165) is 44.3 Å². The van der Waals surface area contributed by atoms with Gasteiger partial charge in [-0.3, -0.25) is 9.59 Å². The molecule has 28 heavy (non-hydrogen) atoms. The van der Waals surface area contributed by atoms with Gasteiger partial charge in [-0.15, -0.1) is 11.8 Å². The first-order chi connectivity index (χ1) is 13.4. The van der Waals surface area contributed by atoms with Crippen LogP contribution in [-0.4, -0.2) is 22.9 Å². The topological polar surface area (TPSA) is 55.4 Å². The van der Waals surface area contributed by atoms with E-state index in [2.05, 4.69) is 5.32 Å². The number of halogens is 2. The molecular formula is C21H27Cl2NO3S. The van der Waals surface area contributed by atoms with Crippen LogP contribution in [-0.2, 0) is 9.59 Å². The van der Waals surface area contributed by atoms with Crippen LogP contribution in [0.15, 0.2) is 12.1 Å². The number of hydrogen-bond acceptors (Lipinski definition) is 4. The number of thioether (sulfide) groups is 1. The molecule has 0 heterocycles. The van der Waals surface area contributed by atoms with Crippen molar-refractivity contribution in [3.63, 3.8) is 0 Å². The van der Waals surface area contributed by atoms with Crippen molar-refractivity contribution >= 4 is 52.5 Å². The van der Waals surface area contributed by atoms with Gasteiger partial charge < -0.3 is 10.1 Å². The van der Waals surface area contributed by atoms with Crippen molar-refractivity contribution < 1.29 is 14.3 Å². The van der Waals surface area contributed by atoms with E-state index in [1.54, 1.807) is 13.0 Å². The van der Waals surface area contributed by atoms with Crippen molar-refractivity contribution in [2.75, 3.05) is 11.1 Å². The molecule has 2 fully saturated rings. The van der Waals surface area contributed by atoms with Crippen LogP contribution in [0.25, 0.3) is 0 Å². The molecular weight excluding hydrogens is 417 g/mol. The van der Waals surface area contributed by atoms with E-state index in [0.29, 0.717) is 16.6 Å². The smallest absolute Gasteiger partial charge is 0.324 e. The SMILES string of the molecule is CCSC(C)C(=O)Oc1cc(Cl)c(Cl)cc1NC(=O)C1(C2CC2)CCCCC1. The highest BCUT2D eigenvalue weighted by Gasteiger charge is 2.50. The average Bonchev–Trinajstić information content (AvgIpc) is 3.52. The summed E-state index contributed by atoms with van der Waals surface area (Å²) in [5.41, 5.74) is 0.101. The van der Waals surface area contributed by atoms with Crippen LogP contribution < -0.4 is 10.1 Å². The number of hydrogen-bond donors (Lipinski definition) is 1. The molecule has 7 heteroatoms. The largest absolute Gasteiger partial charge is 0.423 e. The number of ether oxygens (including phenoxy) is 1. The van der Waals surface area contributed by atoms with Crippen molar-refractivity contribution in [2.24, 2.45) is 11.3 Å². The fourth-order valence-electron chi connectivity index (χ4n) is 4.11. The Morgan fingerprint density at radius 1 is 1.21 bits per heavy atom. The summed E-state index contributed by atoms with van der Waals surface area (Å²) in [4.78, 5) is 25.7. The summed E-state index contributed by atoms with van der Waals surface area (Å²) in [6.45, 7) is 3.79. The van der Waals surface area contributed by atoms with Crippen LogP contribution in [0.4, 0.5) is 5.69 Å². The van der Waals surface area contributed by atoms with Gasteiger partial charge in [0.1, 0.15) is 5.25 Å². The molecule has 2 aliphatic rings. The van der Waals surface area contributed by atoms with Crippen LogP contribution in [0.3, 0.4) is 0 Å². The standard InChI is InChI=1S/C21H27Cl2NO3S/c1-3-28-13(2)19(25)27-18-12-16(23)15(22)11-17(18)24-20(26)21(14-7-8-14)9-5-4-6-10-21/h11-14H,3-10H2,1-2H3,(H,24,26). The van der Waals surface area contributed by atoms with Crippen LogP contribution in [0.2, 0.25) is 10.0 Å². The first-order valence-corrected chi connectivity index (χ1v) is 11.8. The van der Waals surface area contributed by atoms with Crippen LogP contribution in [0.5, 0.6) is 5.75 Å². The van der Waals surface area contributed by atoms with Gasteiger partial charge in [0.2, 0.25) is 5.91 Å². The monoisotopic (exact) mass is 443 g/mol. The highest BCUT2D eigenvalue weighted by Crippen LogP contribution is 2.54. The third-order valence-corrected chi connectivity index (χ3v) is 7.53. The van der Waals surface area contributed by atoms with Crippen LogP contribution in [0.1, 0.15) is 58.8 Å². The Kier molecular flexibility index (Phi) is 7.21. The molecule has 0 spiro atoms. The van der Waals surface area contributed by atoms with E-state index in [1.165, 1.54) is 24.2 Å². The zero-order valence-electron chi connectivity index (χ0n) is 16.4. The maximum atomic E-state index is 13.3. The van der Waals surface area contributed by atoms with Crippen molar-refractivity contribution in [1.82, 2.24) is 0 Å². The molecule has 1 aromatic carbocycles. The third kappa shape index (κ3) is 4.80. The van der Waals surface area contributed by atoms with E-state index < -0.39 is 0 Å². The van der Waals surface area contributed by atoms with Crippen molar-refractivity contribution in [1.29, 1.82) is 0 Å². The summed E-state index contributed by atoms with van der Waals surface area (Å²) in [5, 5.41) is 3.32. The van der Waals surface area contributed by atoms with Crippen molar-refractivity contribution in [3.05, 3.63) is 22.2 Å². The number of carbonyl (C=O) groups excluding carboxylic acids is 2. The Hall–Kier alpha value is -0.910. The molecule has 0 saturated heterocycles. The summed E-state index contributed by atoms with van der Waals surface area (Å²) < 4.78 is 5.58. The number of esters is 1. The predicted octanol–water partition coefficient (Wildman–Crippen LogP) is 6.34. The Morgan fingerprint density at radius 3 is 2.46 bits per heavy atom. The number of nitrogens with one attached hydrogen (secondary N) is 1. The molecule has 0 aromatic heterocycles. The van der Waals surface area contributed by atoms with Gasteiger partial charge in [-0.2, -0.15) is 0 Å². The summed E-state index contributed by atoms with van der Waals surface area (Å²) in [6.07, 6.45) is 7.42. The van der Waals surface area contributed by atoms with Gasteiger partial charge >= 0.3 is 5.97 Å². The van der Waals surface area contributed by atoms with Crippen LogP contribution in [0, 0.1) is 11.3 Å². The lowest BCUT2D eigenvalue weighted by Gasteiger charge is -2.36. The molecule has 0 aliphatic heterocycles. The lowest BCUT2D eigenvalue weighted by molar-refractivity contribution is -0.133. The number of benzene rings is 1. The Balaban J connectivity index is 1.83. The van der Waals surface area contributed by atoms with Crippen molar-refractivity contribution in [2.45, 2.75) is 64.0 Å². The lowest BCUT2D eigenvalue weighted by atomic mass is 9.69. The minimum Gasteiger partial charge on any atom is -0.423 e. The molecule has 0 radical (unpaired) electrons. The highest BCUT2D eigenvalue weighted by atomic mass is 35.5. The van der Waals surface area contributed by atoms with E-state index >= 15 is 0 Å². The van der Waals surface area contributed by atoms with Gasteiger partial charge in [-0.25, -0.2) is 0 Å². The van der Waals surface area contributed by atoms with Crippen molar-refractivity contribution in [3.8, 4) is 5.75 Å². The molecule has 4 nitrogen and oxygen atoms in total. The number of rotatable bonds is 7. The number of carbonyl (C=O) groups is 2. The molecule has 2 saturated carbocycles. The Morgan fingerprint density at radius 2 is 1.86 bits per heavy atom. The van der Waals surface area contributed by atoms with Gasteiger partial charge in [0.25, 0.3) is 0 Å². The fraction of sp³-hybridized carbons (Fsp3) is 0.619. The van der Waals surface area contributed by atoms with Gasteiger partial charge in [-0.05, 0) is 50.3 Å². The summed E-state index contributed by atoms with van der Waals surface area (Å²) in [7, 11) is 0. The molecule has 1 unspecified atom stereocenters. The Bertz CT molecular complexity index is 745. The molecule has 3 rings (SSSR count). The van der Waals surface area contributed by atoms with E-state index in [-0.39, 0.29) is 33.3 Å². The van der Waals surface area contributed by atoms with E-state index in [9.17, 15) is 9.59 Å². The van der Waals surface area contributed by atoms with Gasteiger partial charge in [0.15, 0.2) is 5.75 Å². The molecule has 1 aromatic rings. The first kappa shape index (κ1) is 21.8. The second kappa shape index (κ2) is 9.27. The maximum absolute atomic E-state index is 13.3. The quantitative estimate of drug-likeness (QED) is 0.394. The third-order valence-electron chi connectivity index (χ3n) is 5.79. The summed E-state index contributed by atoms with van der Waals surface area (Å²) >= 11 is 13.8. The minimum atomic E-state index is -0.365. The summed E-state index contributed by atoms with van der Waals surface area (Å²) in [5.74, 6) is 1.17. The highest BCUT2D eigenvalue weighted by molar-refractivity contribution is 8.00. The second-order valence-electron chi connectivity index (χ2n) is 7.73. The van der Waals surface area contributed by atoms with Gasteiger partial charge in [0, 0.05) is 6.07 Å². The molecule has 1 amide bonds. The fourth-order valence-corrected chi connectivity index (χ4v) is 5.11. The lowest BCUT2D eigenvalue weighted by Crippen LogP contribution is -2.40. The van der Waals surface area contributed by atoms with E-state index in [4.69, 9.17) is 27.9 Å². The molecule has 1 atom stereocenters. The molecule has 1 N–H and O–H groups in total. The molecule has 154 valence electrons. The molecule has 0 bridgehead atoms. The van der Waals surface area contributed by atoms with Gasteiger partial charge in [0.05, 0.1) is 21.1 Å².